The minimum absolute atomic E-state index is 0.448. The number of hydrogen-bond acceptors (Lipinski definition) is 2. The Morgan fingerprint density at radius 2 is 2.22 bits per heavy atom. The van der Waals surface area contributed by atoms with Gasteiger partial charge in [-0.05, 0) is 32.7 Å². The lowest BCUT2D eigenvalue weighted by atomic mass is 10.0. The fourth-order valence-corrected chi connectivity index (χ4v) is 1.20. The summed E-state index contributed by atoms with van der Waals surface area (Å²) >= 11 is 0. The van der Waals surface area contributed by atoms with Crippen molar-refractivity contribution in [3.8, 4) is 0 Å². The molecule has 1 heterocycles. The zero-order chi connectivity index (χ0) is 6.74. The number of nitrogens with one attached hydrogen (secondary N) is 1. The molecule has 54 valence electrons. The summed E-state index contributed by atoms with van der Waals surface area (Å²) in [6, 6.07) is 0. The molecule has 1 atom stereocenters. The van der Waals surface area contributed by atoms with Gasteiger partial charge in [0.1, 0.15) is 0 Å². The average molecular weight is 129 g/mol. The third-order valence-electron chi connectivity index (χ3n) is 1.82. The van der Waals surface area contributed by atoms with Crippen molar-refractivity contribution < 1.29 is 5.11 Å². The van der Waals surface area contributed by atoms with Crippen LogP contribution in [0.15, 0.2) is 0 Å². The van der Waals surface area contributed by atoms with Crippen LogP contribution in [0.2, 0.25) is 0 Å². The van der Waals surface area contributed by atoms with Gasteiger partial charge in [0.2, 0.25) is 0 Å². The highest BCUT2D eigenvalue weighted by molar-refractivity contribution is 4.77. The highest BCUT2D eigenvalue weighted by Crippen LogP contribution is 2.14. The van der Waals surface area contributed by atoms with Gasteiger partial charge in [0, 0.05) is 6.54 Å². The zero-order valence-corrected chi connectivity index (χ0v) is 5.98. The SMILES string of the molecule is CC1(O)CCCCNC1. The van der Waals surface area contributed by atoms with Crippen LogP contribution >= 0.6 is 0 Å². The molecule has 0 aromatic rings. The van der Waals surface area contributed by atoms with Crippen molar-refractivity contribution >= 4 is 0 Å². The van der Waals surface area contributed by atoms with E-state index in [1.807, 2.05) is 6.92 Å². The molecule has 0 aromatic carbocycles. The van der Waals surface area contributed by atoms with Crippen molar-refractivity contribution in [3.05, 3.63) is 0 Å². The Kier molecular flexibility index (Phi) is 2.09. The second kappa shape index (κ2) is 2.67. The molecular formula is C7H15NO. The van der Waals surface area contributed by atoms with E-state index < -0.39 is 5.60 Å². The van der Waals surface area contributed by atoms with E-state index in [2.05, 4.69) is 5.32 Å². The van der Waals surface area contributed by atoms with Gasteiger partial charge in [-0.1, -0.05) is 0 Å². The van der Waals surface area contributed by atoms with Crippen LogP contribution in [0.5, 0.6) is 0 Å². The fourth-order valence-electron chi connectivity index (χ4n) is 1.20. The number of β-amino-alcohol motifs (C(OH)–C–C–N with tert-alkyl or cyclic N) is 1. The summed E-state index contributed by atoms with van der Waals surface area (Å²) in [7, 11) is 0. The summed E-state index contributed by atoms with van der Waals surface area (Å²) in [6.07, 6.45) is 3.30. The molecule has 0 aliphatic carbocycles. The first-order valence-corrected chi connectivity index (χ1v) is 3.64. The van der Waals surface area contributed by atoms with Crippen LogP contribution in [0.1, 0.15) is 26.2 Å². The smallest absolute Gasteiger partial charge is 0.0743 e. The lowest BCUT2D eigenvalue weighted by Gasteiger charge is -2.19. The lowest BCUT2D eigenvalue weighted by Crippen LogP contribution is -2.35. The molecule has 1 aliphatic rings. The molecule has 1 fully saturated rings. The van der Waals surface area contributed by atoms with Gasteiger partial charge in [0.05, 0.1) is 5.60 Å². The van der Waals surface area contributed by atoms with Crippen molar-refractivity contribution in [3.63, 3.8) is 0 Å². The first-order valence-electron chi connectivity index (χ1n) is 3.64. The highest BCUT2D eigenvalue weighted by Gasteiger charge is 2.20. The quantitative estimate of drug-likeness (QED) is 0.499. The van der Waals surface area contributed by atoms with E-state index in [1.165, 1.54) is 6.42 Å². The van der Waals surface area contributed by atoms with Crippen LogP contribution in [0.25, 0.3) is 0 Å². The van der Waals surface area contributed by atoms with Crippen molar-refractivity contribution in [2.45, 2.75) is 31.8 Å². The van der Waals surface area contributed by atoms with Crippen LogP contribution < -0.4 is 5.32 Å². The second-order valence-corrected chi connectivity index (χ2v) is 3.13. The zero-order valence-electron chi connectivity index (χ0n) is 5.98. The molecule has 1 saturated heterocycles. The fraction of sp³-hybridized carbons (Fsp3) is 1.00. The Labute approximate surface area is 56.3 Å². The Balaban J connectivity index is 2.36. The largest absolute Gasteiger partial charge is 0.389 e. The number of hydrogen-bond donors (Lipinski definition) is 2. The van der Waals surface area contributed by atoms with Gasteiger partial charge in [0.15, 0.2) is 0 Å². The molecule has 0 saturated carbocycles. The van der Waals surface area contributed by atoms with Crippen molar-refractivity contribution in [2.75, 3.05) is 13.1 Å². The molecule has 0 amide bonds. The van der Waals surface area contributed by atoms with Crippen molar-refractivity contribution in [1.82, 2.24) is 5.32 Å². The van der Waals surface area contributed by atoms with Crippen LogP contribution in [-0.2, 0) is 0 Å². The maximum absolute atomic E-state index is 9.49. The Hall–Kier alpha value is -0.0800. The summed E-state index contributed by atoms with van der Waals surface area (Å²) in [5.74, 6) is 0. The van der Waals surface area contributed by atoms with Crippen molar-refractivity contribution in [2.24, 2.45) is 0 Å². The number of aliphatic hydroxyl groups is 1. The first-order chi connectivity index (χ1) is 4.21. The summed E-state index contributed by atoms with van der Waals surface area (Å²) in [5.41, 5.74) is -0.448. The molecule has 9 heavy (non-hydrogen) atoms. The van der Waals surface area contributed by atoms with Gasteiger partial charge < -0.3 is 10.4 Å². The summed E-state index contributed by atoms with van der Waals surface area (Å²) in [4.78, 5) is 0. The van der Waals surface area contributed by atoms with Gasteiger partial charge in [-0.15, -0.1) is 0 Å². The summed E-state index contributed by atoms with van der Waals surface area (Å²) < 4.78 is 0. The molecule has 0 spiro atoms. The molecule has 1 rings (SSSR count). The maximum atomic E-state index is 9.49. The van der Waals surface area contributed by atoms with E-state index in [-0.39, 0.29) is 0 Å². The van der Waals surface area contributed by atoms with Crippen LogP contribution in [0.4, 0.5) is 0 Å². The average Bonchev–Trinajstić information content (AvgIpc) is 1.92. The van der Waals surface area contributed by atoms with E-state index in [9.17, 15) is 5.11 Å². The van der Waals surface area contributed by atoms with E-state index in [0.717, 1.165) is 25.9 Å². The van der Waals surface area contributed by atoms with E-state index in [0.29, 0.717) is 0 Å². The molecule has 2 N–H and O–H groups in total. The molecule has 2 nitrogen and oxygen atoms in total. The van der Waals surface area contributed by atoms with E-state index >= 15 is 0 Å². The predicted octanol–water partition coefficient (Wildman–Crippen LogP) is 0.511. The molecule has 2 heteroatoms. The number of rotatable bonds is 0. The van der Waals surface area contributed by atoms with Gasteiger partial charge >= 0.3 is 0 Å². The highest BCUT2D eigenvalue weighted by atomic mass is 16.3. The van der Waals surface area contributed by atoms with Gasteiger partial charge in [-0.25, -0.2) is 0 Å². The molecule has 1 unspecified atom stereocenters. The third-order valence-corrected chi connectivity index (χ3v) is 1.82. The molecular weight excluding hydrogens is 114 g/mol. The minimum atomic E-state index is -0.448. The van der Waals surface area contributed by atoms with Crippen LogP contribution in [0.3, 0.4) is 0 Å². The molecule has 0 radical (unpaired) electrons. The second-order valence-electron chi connectivity index (χ2n) is 3.13. The molecule has 0 bridgehead atoms. The normalized spacial score (nSPS) is 38.0. The van der Waals surface area contributed by atoms with Gasteiger partial charge in [-0.3, -0.25) is 0 Å². The van der Waals surface area contributed by atoms with Crippen molar-refractivity contribution in [1.29, 1.82) is 0 Å². The predicted molar refractivity (Wildman–Crippen MR) is 37.3 cm³/mol. The monoisotopic (exact) mass is 129 g/mol. The first kappa shape index (κ1) is 7.03. The maximum Gasteiger partial charge on any atom is 0.0743 e. The van der Waals surface area contributed by atoms with E-state index in [1.54, 1.807) is 0 Å². The Morgan fingerprint density at radius 3 is 3.00 bits per heavy atom. The van der Waals surface area contributed by atoms with Gasteiger partial charge in [-0.2, -0.15) is 0 Å². The minimum Gasteiger partial charge on any atom is -0.389 e. The molecule has 0 aromatic heterocycles. The standard InChI is InChI=1S/C7H15NO/c1-7(9)4-2-3-5-8-6-7/h8-9H,2-6H2,1H3. The van der Waals surface area contributed by atoms with Gasteiger partial charge in [0.25, 0.3) is 0 Å². The van der Waals surface area contributed by atoms with Crippen LogP contribution in [-0.4, -0.2) is 23.8 Å². The summed E-state index contributed by atoms with van der Waals surface area (Å²) in [6.45, 7) is 3.72. The molecule has 1 aliphatic heterocycles. The lowest BCUT2D eigenvalue weighted by molar-refractivity contribution is 0.0560. The third kappa shape index (κ3) is 2.33. The van der Waals surface area contributed by atoms with Crippen LogP contribution in [0, 0.1) is 0 Å². The topological polar surface area (TPSA) is 32.3 Å². The Bertz CT molecular complexity index is 80.9. The Morgan fingerprint density at radius 1 is 1.44 bits per heavy atom. The summed E-state index contributed by atoms with van der Waals surface area (Å²) in [5, 5.41) is 12.7. The van der Waals surface area contributed by atoms with E-state index in [4.69, 9.17) is 0 Å².